The maximum absolute atomic E-state index is 2.57. The Kier molecular flexibility index (Phi) is 8.59. The molecule has 0 aliphatic carbocycles. The van der Waals surface area contributed by atoms with E-state index in [9.17, 15) is 0 Å². The van der Waals surface area contributed by atoms with Gasteiger partial charge in [0.15, 0.2) is 0 Å². The first-order valence-electron chi connectivity index (χ1n) is 24.8. The van der Waals surface area contributed by atoms with Crippen LogP contribution in [0, 0.1) is 0 Å². The molecule has 2 aromatic heterocycles. The third-order valence-corrected chi connectivity index (χ3v) is 18.0. The molecular formula is C70H40S2. The van der Waals surface area contributed by atoms with Gasteiger partial charge in [-0.1, -0.05) is 218 Å². The smallest absolute Gasteiger partial charge is 0.0440 e. The van der Waals surface area contributed by atoms with Crippen LogP contribution in [0.3, 0.4) is 0 Å². The second-order valence-corrected chi connectivity index (χ2v) is 21.4. The Labute approximate surface area is 422 Å². The lowest BCUT2D eigenvalue weighted by Gasteiger charge is -2.21. The first kappa shape index (κ1) is 40.1. The maximum atomic E-state index is 2.57. The van der Waals surface area contributed by atoms with Gasteiger partial charge in [0.1, 0.15) is 0 Å². The molecule has 2 heteroatoms. The monoisotopic (exact) mass is 944 g/mol. The van der Waals surface area contributed by atoms with Crippen LogP contribution in [0.25, 0.3) is 160 Å². The average Bonchev–Trinajstić information content (AvgIpc) is 4.04. The Bertz CT molecular complexity index is 4860. The van der Waals surface area contributed by atoms with Gasteiger partial charge in [-0.25, -0.2) is 0 Å². The van der Waals surface area contributed by atoms with Crippen molar-refractivity contribution in [3.8, 4) is 44.5 Å². The number of fused-ring (bicyclic) bond motifs is 16. The Hall–Kier alpha value is -8.66. The van der Waals surface area contributed by atoms with E-state index < -0.39 is 0 Å². The second-order valence-electron chi connectivity index (χ2n) is 19.3. The number of thiophene rings is 2. The van der Waals surface area contributed by atoms with Crippen LogP contribution in [0.4, 0.5) is 0 Å². The van der Waals surface area contributed by atoms with Crippen LogP contribution >= 0.6 is 22.7 Å². The molecule has 72 heavy (non-hydrogen) atoms. The lowest BCUT2D eigenvalue weighted by molar-refractivity contribution is 1.67. The molecule has 0 N–H and O–H groups in total. The van der Waals surface area contributed by atoms with Gasteiger partial charge in [-0.05, 0) is 128 Å². The van der Waals surface area contributed by atoms with Crippen LogP contribution in [-0.4, -0.2) is 0 Å². The Morgan fingerprint density at radius 3 is 1.10 bits per heavy atom. The summed E-state index contributed by atoms with van der Waals surface area (Å²) in [7, 11) is 0. The maximum Gasteiger partial charge on any atom is 0.0440 e. The minimum absolute atomic E-state index is 1.23. The van der Waals surface area contributed by atoms with Crippen molar-refractivity contribution in [2.45, 2.75) is 0 Å². The number of benzene rings is 14. The second kappa shape index (κ2) is 15.4. The molecule has 0 nitrogen and oxygen atoms in total. The number of rotatable bonds is 4. The third kappa shape index (κ3) is 5.62. The van der Waals surface area contributed by atoms with Crippen LogP contribution in [0.15, 0.2) is 243 Å². The molecule has 0 aliphatic heterocycles. The average molecular weight is 945 g/mol. The summed E-state index contributed by atoms with van der Waals surface area (Å²) in [6.07, 6.45) is 0. The van der Waals surface area contributed by atoms with E-state index in [1.54, 1.807) is 0 Å². The predicted molar refractivity (Wildman–Crippen MR) is 317 cm³/mol. The molecule has 0 saturated heterocycles. The summed E-state index contributed by atoms with van der Waals surface area (Å²) in [5.41, 5.74) is 10.2. The SMILES string of the molecule is c1ccc(-c2c3ccccc3c(-c3cc4cc(-c5c6ccccc6c(-c6cccc7c6ccc6ccccc67)c6ccccc56)c5sc6ccccc6c5c4c4c3sc3ccccc34)c3ccccc23)cc1. The molecule has 0 saturated carbocycles. The van der Waals surface area contributed by atoms with Crippen molar-refractivity contribution in [3.63, 3.8) is 0 Å². The number of hydrogen-bond donors (Lipinski definition) is 0. The van der Waals surface area contributed by atoms with Gasteiger partial charge >= 0.3 is 0 Å². The quantitative estimate of drug-likeness (QED) is 0.122. The zero-order valence-corrected chi connectivity index (χ0v) is 40.5. The molecule has 0 aliphatic rings. The van der Waals surface area contributed by atoms with Crippen LogP contribution in [0.2, 0.25) is 0 Å². The van der Waals surface area contributed by atoms with E-state index in [0.29, 0.717) is 0 Å². The third-order valence-electron chi connectivity index (χ3n) is 15.6. The summed E-state index contributed by atoms with van der Waals surface area (Å²) >= 11 is 3.88. The number of hydrogen-bond acceptors (Lipinski definition) is 2. The molecule has 0 radical (unpaired) electrons. The minimum atomic E-state index is 1.23. The molecule has 2 heterocycles. The topological polar surface area (TPSA) is 0 Å². The molecule has 14 aromatic carbocycles. The first-order chi connectivity index (χ1) is 35.8. The fourth-order valence-corrected chi connectivity index (χ4v) is 15.1. The van der Waals surface area contributed by atoms with Crippen molar-refractivity contribution < 1.29 is 0 Å². The van der Waals surface area contributed by atoms with E-state index in [-0.39, 0.29) is 0 Å². The van der Waals surface area contributed by atoms with E-state index in [0.717, 1.165) is 0 Å². The molecule has 0 amide bonds. The molecule has 0 spiro atoms. The van der Waals surface area contributed by atoms with E-state index in [2.05, 4.69) is 243 Å². The van der Waals surface area contributed by atoms with Crippen LogP contribution < -0.4 is 0 Å². The van der Waals surface area contributed by atoms with Gasteiger partial charge in [-0.3, -0.25) is 0 Å². The van der Waals surface area contributed by atoms with Gasteiger partial charge in [0.2, 0.25) is 0 Å². The zero-order valence-electron chi connectivity index (χ0n) is 38.9. The molecule has 0 atom stereocenters. The Morgan fingerprint density at radius 2 is 0.597 bits per heavy atom. The molecule has 16 rings (SSSR count). The van der Waals surface area contributed by atoms with Crippen molar-refractivity contribution >= 4 is 138 Å². The Morgan fingerprint density at radius 1 is 0.208 bits per heavy atom. The van der Waals surface area contributed by atoms with Gasteiger partial charge in [0.25, 0.3) is 0 Å². The summed E-state index contributed by atoms with van der Waals surface area (Å²) in [6.45, 7) is 0. The highest BCUT2D eigenvalue weighted by molar-refractivity contribution is 7.27. The van der Waals surface area contributed by atoms with E-state index in [1.165, 1.54) is 160 Å². The fourth-order valence-electron chi connectivity index (χ4n) is 12.7. The van der Waals surface area contributed by atoms with Gasteiger partial charge in [-0.15, -0.1) is 22.7 Å². The summed E-state index contributed by atoms with van der Waals surface area (Å²) in [6, 6.07) is 91.2. The molecule has 0 unspecified atom stereocenters. The van der Waals surface area contributed by atoms with E-state index >= 15 is 0 Å². The van der Waals surface area contributed by atoms with Crippen LogP contribution in [0.1, 0.15) is 0 Å². The highest BCUT2D eigenvalue weighted by atomic mass is 32.1. The summed E-state index contributed by atoms with van der Waals surface area (Å²) in [5.74, 6) is 0. The first-order valence-corrected chi connectivity index (χ1v) is 26.5. The molecule has 332 valence electrons. The van der Waals surface area contributed by atoms with Crippen molar-refractivity contribution in [1.82, 2.24) is 0 Å². The van der Waals surface area contributed by atoms with Crippen molar-refractivity contribution in [3.05, 3.63) is 243 Å². The zero-order chi connectivity index (χ0) is 47.0. The highest BCUT2D eigenvalue weighted by Crippen LogP contribution is 2.55. The van der Waals surface area contributed by atoms with E-state index in [4.69, 9.17) is 0 Å². The lowest BCUT2D eigenvalue weighted by Crippen LogP contribution is -1.93. The lowest BCUT2D eigenvalue weighted by atomic mass is 9.82. The minimum Gasteiger partial charge on any atom is -0.135 e. The van der Waals surface area contributed by atoms with E-state index in [1.807, 2.05) is 22.7 Å². The largest absolute Gasteiger partial charge is 0.135 e. The summed E-state index contributed by atoms with van der Waals surface area (Å²) in [4.78, 5) is 0. The van der Waals surface area contributed by atoms with Gasteiger partial charge in [0.05, 0.1) is 0 Å². The summed E-state index contributed by atoms with van der Waals surface area (Å²) in [5, 5.41) is 23.1. The van der Waals surface area contributed by atoms with Crippen molar-refractivity contribution in [1.29, 1.82) is 0 Å². The standard InChI is InChI=1S/C70H40S2/c1-2-20-42(21-3-1)62-48-23-6-8-25-50(48)65(51-26-9-7-24-49(51)62)58-39-43-40-59(70-68(57-32-15-17-36-61(57)72-70)63(43)67-56-31-14-16-35-60(56)71-69(58)67)66-54-29-12-10-27-52(54)64(53-28-11-13-30-55(53)66)47-34-18-33-45-44-22-5-4-19-41(44)37-38-46(45)47/h1-40H. The highest BCUT2D eigenvalue weighted by Gasteiger charge is 2.26. The van der Waals surface area contributed by atoms with Crippen LogP contribution in [-0.2, 0) is 0 Å². The summed E-state index contributed by atoms with van der Waals surface area (Å²) < 4.78 is 5.27. The fraction of sp³-hybridized carbons (Fsp3) is 0. The van der Waals surface area contributed by atoms with Gasteiger partial charge < -0.3 is 0 Å². The molecule has 16 aromatic rings. The molecule has 0 bridgehead atoms. The Balaban J connectivity index is 1.08. The normalized spacial score (nSPS) is 12.2. The van der Waals surface area contributed by atoms with Crippen molar-refractivity contribution in [2.24, 2.45) is 0 Å². The molecular weight excluding hydrogens is 905 g/mol. The molecule has 0 fully saturated rings. The van der Waals surface area contributed by atoms with Gasteiger partial charge in [0, 0.05) is 56.9 Å². The van der Waals surface area contributed by atoms with Crippen molar-refractivity contribution in [2.75, 3.05) is 0 Å². The van der Waals surface area contributed by atoms with Gasteiger partial charge in [-0.2, -0.15) is 0 Å². The predicted octanol–water partition coefficient (Wildman–Crippen LogP) is 21.2. The van der Waals surface area contributed by atoms with Crippen LogP contribution in [0.5, 0.6) is 0 Å².